The van der Waals surface area contributed by atoms with Crippen LogP contribution < -0.4 is 0 Å². The predicted molar refractivity (Wildman–Crippen MR) is 344 cm³/mol. The number of allylic oxidation sites excluding steroid dienone is 14. The van der Waals surface area contributed by atoms with Crippen molar-refractivity contribution >= 4 is 17.9 Å². The third-order valence-electron chi connectivity index (χ3n) is 14.9. The van der Waals surface area contributed by atoms with Gasteiger partial charge in [0.2, 0.25) is 0 Å². The predicted octanol–water partition coefficient (Wildman–Crippen LogP) is 23.4. The Morgan fingerprint density at radius 2 is 0.494 bits per heavy atom. The monoisotopic (exact) mass is 1100 g/mol. The summed E-state index contributed by atoms with van der Waals surface area (Å²) in [4.78, 5) is 38.4. The fraction of sp³-hybridized carbons (Fsp3) is 0.767. The molecule has 1 atom stereocenters. The molecule has 1 unspecified atom stereocenters. The molecule has 6 heteroatoms. The summed E-state index contributed by atoms with van der Waals surface area (Å²) in [5, 5.41) is 0. The highest BCUT2D eigenvalue weighted by atomic mass is 16.6. The zero-order chi connectivity index (χ0) is 57.1. The minimum Gasteiger partial charge on any atom is -0.462 e. The van der Waals surface area contributed by atoms with Crippen LogP contribution in [0.3, 0.4) is 0 Å². The maximum Gasteiger partial charge on any atom is 0.306 e. The van der Waals surface area contributed by atoms with Crippen LogP contribution in [0.2, 0.25) is 0 Å². The molecule has 0 N–H and O–H groups in total. The van der Waals surface area contributed by atoms with Gasteiger partial charge in [0.25, 0.3) is 0 Å². The molecule has 0 aliphatic heterocycles. The molecule has 0 bridgehead atoms. The van der Waals surface area contributed by atoms with Gasteiger partial charge in [0, 0.05) is 19.3 Å². The van der Waals surface area contributed by atoms with E-state index < -0.39 is 6.10 Å². The maximum absolute atomic E-state index is 12.9. The molecule has 0 saturated carbocycles. The SMILES string of the molecule is CC/C=C\C/C=C\C/C=C\C/C=C\CCCCCCCCCCCCCCC(=O)OCC(COC(=O)CCCCCCC/C=C\C/C=C\C/C=C\CC)OC(=O)CCCCCCCCCCCCCCCCCCCCCCC. The van der Waals surface area contributed by atoms with Crippen molar-refractivity contribution in [2.24, 2.45) is 0 Å². The molecule has 0 aromatic heterocycles. The van der Waals surface area contributed by atoms with Crippen LogP contribution in [0.25, 0.3) is 0 Å². The van der Waals surface area contributed by atoms with Gasteiger partial charge >= 0.3 is 17.9 Å². The van der Waals surface area contributed by atoms with Crippen molar-refractivity contribution in [3.05, 3.63) is 85.1 Å². The van der Waals surface area contributed by atoms with E-state index in [2.05, 4.69) is 106 Å². The molecule has 0 spiro atoms. The Morgan fingerprint density at radius 3 is 0.772 bits per heavy atom. The van der Waals surface area contributed by atoms with Crippen molar-refractivity contribution in [3.63, 3.8) is 0 Å². The summed E-state index contributed by atoms with van der Waals surface area (Å²) in [5.41, 5.74) is 0. The van der Waals surface area contributed by atoms with E-state index in [0.29, 0.717) is 19.3 Å². The fourth-order valence-corrected chi connectivity index (χ4v) is 9.86. The molecule has 456 valence electrons. The van der Waals surface area contributed by atoms with Gasteiger partial charge in [0.1, 0.15) is 13.2 Å². The Hall–Kier alpha value is -3.41. The first-order valence-electron chi connectivity index (χ1n) is 34.1. The van der Waals surface area contributed by atoms with Crippen LogP contribution in [0, 0.1) is 0 Å². The Bertz CT molecular complexity index is 1500. The van der Waals surface area contributed by atoms with E-state index in [0.717, 1.165) is 122 Å². The third-order valence-corrected chi connectivity index (χ3v) is 14.9. The molecule has 6 nitrogen and oxygen atoms in total. The van der Waals surface area contributed by atoms with E-state index in [-0.39, 0.29) is 31.1 Å². The lowest BCUT2D eigenvalue weighted by atomic mass is 10.0. The standard InChI is InChI=1S/C73H128O6/c1-4-7-10-13-16-19-22-25-28-30-32-34-35-36-37-39-40-42-45-48-51-54-57-60-63-66-72(75)78-69-70(68-77-71(74)65-62-59-56-53-50-47-44-27-24-21-18-15-12-9-6-3)79-73(76)67-64-61-58-55-52-49-46-43-41-38-33-31-29-26-23-20-17-14-11-8-5-2/h7,9-10,12,16,18-19,21,25,27-28,32,34,44,70H,4-6,8,11,13-15,17,20,22-24,26,29-31,33,35-43,45-69H2,1-3H3/b10-7-,12-9-,19-16-,21-18-,28-25-,34-32-,44-27-. The molecule has 0 fully saturated rings. The van der Waals surface area contributed by atoms with Crippen molar-refractivity contribution in [1.29, 1.82) is 0 Å². The van der Waals surface area contributed by atoms with Crippen molar-refractivity contribution in [1.82, 2.24) is 0 Å². The van der Waals surface area contributed by atoms with Crippen LogP contribution in [-0.4, -0.2) is 37.2 Å². The average Bonchev–Trinajstić information content (AvgIpc) is 3.45. The van der Waals surface area contributed by atoms with Gasteiger partial charge in [-0.1, -0.05) is 318 Å². The first kappa shape index (κ1) is 75.6. The minimum absolute atomic E-state index is 0.0799. The average molecular weight is 1100 g/mol. The number of esters is 3. The largest absolute Gasteiger partial charge is 0.462 e. The first-order valence-corrected chi connectivity index (χ1v) is 34.1. The molecular weight excluding hydrogens is 973 g/mol. The van der Waals surface area contributed by atoms with Crippen molar-refractivity contribution < 1.29 is 28.6 Å². The topological polar surface area (TPSA) is 78.9 Å². The molecule has 0 rings (SSSR count). The van der Waals surface area contributed by atoms with Crippen molar-refractivity contribution in [3.8, 4) is 0 Å². The molecule has 0 heterocycles. The van der Waals surface area contributed by atoms with Crippen molar-refractivity contribution in [2.45, 2.75) is 348 Å². The number of carbonyl (C=O) groups is 3. The van der Waals surface area contributed by atoms with Gasteiger partial charge < -0.3 is 14.2 Å². The number of rotatable bonds is 62. The zero-order valence-electron chi connectivity index (χ0n) is 52.4. The second-order valence-electron chi connectivity index (χ2n) is 22.7. The summed E-state index contributed by atoms with van der Waals surface area (Å²) in [6, 6.07) is 0. The maximum atomic E-state index is 12.9. The van der Waals surface area contributed by atoms with Gasteiger partial charge in [-0.25, -0.2) is 0 Å². The zero-order valence-corrected chi connectivity index (χ0v) is 52.4. The van der Waals surface area contributed by atoms with Crippen LogP contribution in [0.1, 0.15) is 342 Å². The first-order chi connectivity index (χ1) is 39.0. The number of unbranched alkanes of at least 4 members (excludes halogenated alkanes) is 37. The van der Waals surface area contributed by atoms with Gasteiger partial charge in [-0.2, -0.15) is 0 Å². The number of hydrogen-bond acceptors (Lipinski definition) is 6. The Labute approximate surface area is 490 Å². The summed E-state index contributed by atoms with van der Waals surface area (Å²) in [6.45, 7) is 6.45. The number of carbonyl (C=O) groups excluding carboxylic acids is 3. The van der Waals surface area contributed by atoms with E-state index in [1.54, 1.807) is 0 Å². The Balaban J connectivity index is 4.31. The molecule has 0 aromatic rings. The van der Waals surface area contributed by atoms with Crippen LogP contribution in [0.15, 0.2) is 85.1 Å². The molecule has 79 heavy (non-hydrogen) atoms. The molecule has 0 aromatic carbocycles. The van der Waals surface area contributed by atoms with Gasteiger partial charge in [0.15, 0.2) is 6.10 Å². The molecular formula is C73H128O6. The summed E-state index contributed by atoms with van der Waals surface area (Å²) in [7, 11) is 0. The second kappa shape index (κ2) is 67.1. The van der Waals surface area contributed by atoms with Gasteiger partial charge in [-0.15, -0.1) is 0 Å². The Kier molecular flexibility index (Phi) is 64.2. The van der Waals surface area contributed by atoms with E-state index in [1.165, 1.54) is 180 Å². The van der Waals surface area contributed by atoms with Gasteiger partial charge in [-0.05, 0) is 89.9 Å². The van der Waals surface area contributed by atoms with E-state index >= 15 is 0 Å². The molecule has 0 aliphatic rings. The van der Waals surface area contributed by atoms with Crippen LogP contribution >= 0.6 is 0 Å². The van der Waals surface area contributed by atoms with Crippen LogP contribution in [0.4, 0.5) is 0 Å². The van der Waals surface area contributed by atoms with E-state index in [4.69, 9.17) is 14.2 Å². The quantitative estimate of drug-likeness (QED) is 0.0261. The highest BCUT2D eigenvalue weighted by Gasteiger charge is 2.19. The minimum atomic E-state index is -0.784. The normalized spacial score (nSPS) is 12.6. The lowest BCUT2D eigenvalue weighted by Gasteiger charge is -2.18. The van der Waals surface area contributed by atoms with Crippen molar-refractivity contribution in [2.75, 3.05) is 13.2 Å². The smallest absolute Gasteiger partial charge is 0.306 e. The highest BCUT2D eigenvalue weighted by Crippen LogP contribution is 2.18. The van der Waals surface area contributed by atoms with E-state index in [1.807, 2.05) is 0 Å². The summed E-state index contributed by atoms with van der Waals surface area (Å²) in [6.07, 6.45) is 88.9. The second-order valence-corrected chi connectivity index (χ2v) is 22.7. The Morgan fingerprint density at radius 1 is 0.266 bits per heavy atom. The van der Waals surface area contributed by atoms with Gasteiger partial charge in [-0.3, -0.25) is 14.4 Å². The number of ether oxygens (including phenoxy) is 3. The lowest BCUT2D eigenvalue weighted by molar-refractivity contribution is -0.167. The van der Waals surface area contributed by atoms with Gasteiger partial charge in [0.05, 0.1) is 0 Å². The molecule has 0 saturated heterocycles. The number of hydrogen-bond donors (Lipinski definition) is 0. The fourth-order valence-electron chi connectivity index (χ4n) is 9.86. The lowest BCUT2D eigenvalue weighted by Crippen LogP contribution is -2.30. The molecule has 0 amide bonds. The van der Waals surface area contributed by atoms with Crippen LogP contribution in [0.5, 0.6) is 0 Å². The summed E-state index contributed by atoms with van der Waals surface area (Å²) >= 11 is 0. The van der Waals surface area contributed by atoms with E-state index in [9.17, 15) is 14.4 Å². The molecule has 0 radical (unpaired) electrons. The highest BCUT2D eigenvalue weighted by molar-refractivity contribution is 5.71. The summed E-state index contributed by atoms with van der Waals surface area (Å²) in [5.74, 6) is -0.880. The van der Waals surface area contributed by atoms with Crippen LogP contribution in [-0.2, 0) is 28.6 Å². The molecule has 0 aliphatic carbocycles. The third kappa shape index (κ3) is 65.3. The summed E-state index contributed by atoms with van der Waals surface area (Å²) < 4.78 is 17.0.